The van der Waals surface area contributed by atoms with Crippen LogP contribution in [0.5, 0.6) is 0 Å². The number of nitrogens with one attached hydrogen (secondary N) is 2. The van der Waals surface area contributed by atoms with Gasteiger partial charge in [0, 0.05) is 6.04 Å². The fourth-order valence-electron chi connectivity index (χ4n) is 2.06. The zero-order valence-electron chi connectivity index (χ0n) is 9.88. The standard InChI is InChI=1S/C11H20N2O3/c1-8(2)12-10(16)13-11(9(14)15)6-4-3-5-7-11/h8H,3-7H2,1-2H3,(H,14,15)(H2,12,13,16). The summed E-state index contributed by atoms with van der Waals surface area (Å²) in [6.45, 7) is 3.68. The Morgan fingerprint density at radius 1 is 1.19 bits per heavy atom. The maximum absolute atomic E-state index is 11.5. The fraction of sp³-hybridized carbons (Fsp3) is 0.818. The maximum Gasteiger partial charge on any atom is 0.329 e. The molecule has 0 aromatic heterocycles. The van der Waals surface area contributed by atoms with Gasteiger partial charge in [0.15, 0.2) is 0 Å². The lowest BCUT2D eigenvalue weighted by Gasteiger charge is -2.34. The number of amides is 2. The number of carboxylic acid groups (broad SMARTS) is 1. The molecule has 3 N–H and O–H groups in total. The molecule has 1 rings (SSSR count). The Morgan fingerprint density at radius 2 is 1.75 bits per heavy atom. The molecule has 0 bridgehead atoms. The topological polar surface area (TPSA) is 78.4 Å². The van der Waals surface area contributed by atoms with Gasteiger partial charge in [-0.3, -0.25) is 0 Å². The summed E-state index contributed by atoms with van der Waals surface area (Å²) < 4.78 is 0. The molecule has 92 valence electrons. The van der Waals surface area contributed by atoms with Crippen LogP contribution in [-0.4, -0.2) is 28.7 Å². The molecule has 0 saturated heterocycles. The summed E-state index contributed by atoms with van der Waals surface area (Å²) in [4.78, 5) is 22.8. The summed E-state index contributed by atoms with van der Waals surface area (Å²) in [6.07, 6.45) is 3.80. The molecule has 5 heteroatoms. The zero-order chi connectivity index (χ0) is 12.2. The van der Waals surface area contributed by atoms with E-state index in [2.05, 4.69) is 10.6 Å². The normalized spacial score (nSPS) is 19.2. The summed E-state index contributed by atoms with van der Waals surface area (Å²) in [6, 6.07) is -0.381. The van der Waals surface area contributed by atoms with E-state index in [0.29, 0.717) is 12.8 Å². The predicted molar refractivity (Wildman–Crippen MR) is 60.3 cm³/mol. The van der Waals surface area contributed by atoms with E-state index in [9.17, 15) is 14.7 Å². The van der Waals surface area contributed by atoms with Crippen molar-refractivity contribution in [3.05, 3.63) is 0 Å². The molecular weight excluding hydrogens is 208 g/mol. The molecule has 5 nitrogen and oxygen atoms in total. The van der Waals surface area contributed by atoms with Crippen LogP contribution in [0.25, 0.3) is 0 Å². The molecule has 1 aliphatic rings. The highest BCUT2D eigenvalue weighted by Crippen LogP contribution is 2.28. The minimum Gasteiger partial charge on any atom is -0.480 e. The Labute approximate surface area is 95.6 Å². The largest absolute Gasteiger partial charge is 0.480 e. The fourth-order valence-corrected chi connectivity index (χ4v) is 2.06. The molecule has 0 aromatic carbocycles. The van der Waals surface area contributed by atoms with Gasteiger partial charge in [-0.2, -0.15) is 0 Å². The van der Waals surface area contributed by atoms with Crippen LogP contribution in [0.3, 0.4) is 0 Å². The Balaban J connectivity index is 2.64. The van der Waals surface area contributed by atoms with Crippen molar-refractivity contribution in [2.45, 2.75) is 57.5 Å². The molecule has 1 saturated carbocycles. The molecule has 1 aliphatic carbocycles. The second-order valence-electron chi connectivity index (χ2n) is 4.70. The summed E-state index contributed by atoms with van der Waals surface area (Å²) in [5, 5.41) is 14.5. The Kier molecular flexibility index (Phi) is 4.15. The van der Waals surface area contributed by atoms with Gasteiger partial charge in [0.05, 0.1) is 0 Å². The van der Waals surface area contributed by atoms with Gasteiger partial charge in [-0.15, -0.1) is 0 Å². The maximum atomic E-state index is 11.5. The zero-order valence-corrected chi connectivity index (χ0v) is 9.88. The molecular formula is C11H20N2O3. The number of rotatable bonds is 3. The van der Waals surface area contributed by atoms with E-state index >= 15 is 0 Å². The van der Waals surface area contributed by atoms with E-state index in [1.807, 2.05) is 13.8 Å². The van der Waals surface area contributed by atoms with Gasteiger partial charge < -0.3 is 15.7 Å². The van der Waals surface area contributed by atoms with Crippen LogP contribution in [0.15, 0.2) is 0 Å². The highest BCUT2D eigenvalue weighted by molar-refractivity contribution is 5.86. The minimum atomic E-state index is -1.06. The highest BCUT2D eigenvalue weighted by atomic mass is 16.4. The molecule has 0 spiro atoms. The first-order valence-electron chi connectivity index (χ1n) is 5.78. The van der Waals surface area contributed by atoms with E-state index in [0.717, 1.165) is 19.3 Å². The van der Waals surface area contributed by atoms with E-state index in [4.69, 9.17) is 0 Å². The summed E-state index contributed by atoms with van der Waals surface area (Å²) in [5.74, 6) is -0.925. The quantitative estimate of drug-likeness (QED) is 0.684. The molecule has 0 heterocycles. The predicted octanol–water partition coefficient (Wildman–Crippen LogP) is 1.48. The number of urea groups is 1. The number of hydrogen-bond donors (Lipinski definition) is 3. The van der Waals surface area contributed by atoms with Crippen LogP contribution >= 0.6 is 0 Å². The number of hydrogen-bond acceptors (Lipinski definition) is 2. The molecule has 0 atom stereocenters. The van der Waals surface area contributed by atoms with Crippen molar-refractivity contribution in [3.63, 3.8) is 0 Å². The summed E-state index contributed by atoms with van der Waals surface area (Å²) in [5.41, 5.74) is -1.06. The van der Waals surface area contributed by atoms with Gasteiger partial charge in [-0.25, -0.2) is 9.59 Å². The van der Waals surface area contributed by atoms with Crippen molar-refractivity contribution in [1.29, 1.82) is 0 Å². The van der Waals surface area contributed by atoms with Crippen LogP contribution in [0.1, 0.15) is 46.0 Å². The Morgan fingerprint density at radius 3 is 2.19 bits per heavy atom. The Bertz CT molecular complexity index is 270. The van der Waals surface area contributed by atoms with Crippen molar-refractivity contribution in [1.82, 2.24) is 10.6 Å². The molecule has 0 radical (unpaired) electrons. The minimum absolute atomic E-state index is 0.00874. The van der Waals surface area contributed by atoms with Gasteiger partial charge in [0.1, 0.15) is 5.54 Å². The first-order chi connectivity index (χ1) is 7.46. The van der Waals surface area contributed by atoms with E-state index in [-0.39, 0.29) is 12.1 Å². The van der Waals surface area contributed by atoms with Gasteiger partial charge in [-0.05, 0) is 26.7 Å². The molecule has 0 aliphatic heterocycles. The first kappa shape index (κ1) is 12.8. The lowest BCUT2D eigenvalue weighted by Crippen LogP contribution is -2.58. The lowest BCUT2D eigenvalue weighted by molar-refractivity contribution is -0.145. The number of carboxylic acids is 1. The lowest BCUT2D eigenvalue weighted by atomic mass is 9.82. The Hall–Kier alpha value is -1.26. The van der Waals surface area contributed by atoms with Crippen molar-refractivity contribution in [2.75, 3.05) is 0 Å². The summed E-state index contributed by atoms with van der Waals surface area (Å²) >= 11 is 0. The third kappa shape index (κ3) is 3.12. The molecule has 0 aromatic rings. The van der Waals surface area contributed by atoms with Gasteiger partial charge >= 0.3 is 12.0 Å². The smallest absolute Gasteiger partial charge is 0.329 e. The van der Waals surface area contributed by atoms with E-state index in [1.165, 1.54) is 0 Å². The van der Waals surface area contributed by atoms with Crippen LogP contribution in [0.2, 0.25) is 0 Å². The highest BCUT2D eigenvalue weighted by Gasteiger charge is 2.40. The van der Waals surface area contributed by atoms with Gasteiger partial charge in [-0.1, -0.05) is 19.3 Å². The van der Waals surface area contributed by atoms with E-state index < -0.39 is 11.5 Å². The SMILES string of the molecule is CC(C)NC(=O)NC1(C(=O)O)CCCCC1. The second kappa shape index (κ2) is 5.18. The van der Waals surface area contributed by atoms with Crippen LogP contribution in [-0.2, 0) is 4.79 Å². The first-order valence-corrected chi connectivity index (χ1v) is 5.78. The van der Waals surface area contributed by atoms with Crippen LogP contribution in [0, 0.1) is 0 Å². The number of carbonyl (C=O) groups excluding carboxylic acids is 1. The average Bonchev–Trinajstić information content (AvgIpc) is 2.17. The third-order valence-corrected chi connectivity index (χ3v) is 2.89. The third-order valence-electron chi connectivity index (χ3n) is 2.89. The van der Waals surface area contributed by atoms with Crippen LogP contribution in [0.4, 0.5) is 4.79 Å². The number of aliphatic carboxylic acids is 1. The molecule has 2 amide bonds. The second-order valence-corrected chi connectivity index (χ2v) is 4.70. The van der Waals surface area contributed by atoms with E-state index in [1.54, 1.807) is 0 Å². The average molecular weight is 228 g/mol. The van der Waals surface area contributed by atoms with Crippen LogP contribution < -0.4 is 10.6 Å². The van der Waals surface area contributed by atoms with Gasteiger partial charge in [0.2, 0.25) is 0 Å². The molecule has 16 heavy (non-hydrogen) atoms. The van der Waals surface area contributed by atoms with Crippen molar-refractivity contribution >= 4 is 12.0 Å². The summed E-state index contributed by atoms with van der Waals surface area (Å²) in [7, 11) is 0. The number of carbonyl (C=O) groups is 2. The van der Waals surface area contributed by atoms with Crippen molar-refractivity contribution in [2.24, 2.45) is 0 Å². The van der Waals surface area contributed by atoms with Gasteiger partial charge in [0.25, 0.3) is 0 Å². The molecule has 1 fully saturated rings. The van der Waals surface area contributed by atoms with Crippen molar-refractivity contribution < 1.29 is 14.7 Å². The van der Waals surface area contributed by atoms with Crippen molar-refractivity contribution in [3.8, 4) is 0 Å². The molecule has 0 unspecified atom stereocenters. The monoisotopic (exact) mass is 228 g/mol.